The first-order valence-corrected chi connectivity index (χ1v) is 6.06. The molecule has 0 bridgehead atoms. The SMILES string of the molecule is FC(F)(F)Oc1ccc(Nc2ccc3[nH]ccc3c2)nc1. The summed E-state index contributed by atoms with van der Waals surface area (Å²) in [7, 11) is 0. The molecule has 0 spiro atoms. The maximum Gasteiger partial charge on any atom is 0.573 e. The van der Waals surface area contributed by atoms with Gasteiger partial charge in [-0.15, -0.1) is 13.2 Å². The standard InChI is InChI=1S/C14H10F3N3O/c15-14(16,17)21-11-2-4-13(19-8-11)20-10-1-3-12-9(7-10)5-6-18-12/h1-8,18H,(H,19,20). The van der Waals surface area contributed by atoms with E-state index in [2.05, 4.69) is 20.0 Å². The van der Waals surface area contributed by atoms with Gasteiger partial charge in [-0.2, -0.15) is 0 Å². The molecular formula is C14H10F3N3O. The van der Waals surface area contributed by atoms with E-state index < -0.39 is 6.36 Å². The fourth-order valence-corrected chi connectivity index (χ4v) is 1.93. The number of ether oxygens (including phenoxy) is 1. The van der Waals surface area contributed by atoms with Gasteiger partial charge in [0, 0.05) is 22.8 Å². The van der Waals surface area contributed by atoms with Crippen LogP contribution in [0.4, 0.5) is 24.7 Å². The molecule has 0 saturated carbocycles. The summed E-state index contributed by atoms with van der Waals surface area (Å²) in [6.45, 7) is 0. The Hall–Kier alpha value is -2.70. The summed E-state index contributed by atoms with van der Waals surface area (Å²) in [6.07, 6.45) is -1.86. The normalized spacial score (nSPS) is 11.6. The smallest absolute Gasteiger partial charge is 0.404 e. The number of halogens is 3. The van der Waals surface area contributed by atoms with Crippen LogP contribution in [-0.4, -0.2) is 16.3 Å². The lowest BCUT2D eigenvalue weighted by molar-refractivity contribution is -0.274. The highest BCUT2D eigenvalue weighted by molar-refractivity contribution is 5.83. The number of hydrogen-bond donors (Lipinski definition) is 2. The van der Waals surface area contributed by atoms with E-state index in [4.69, 9.17) is 0 Å². The summed E-state index contributed by atoms with van der Waals surface area (Å²) in [6, 6.07) is 10.2. The van der Waals surface area contributed by atoms with Crippen LogP contribution in [0.25, 0.3) is 10.9 Å². The van der Waals surface area contributed by atoms with Gasteiger partial charge in [-0.05, 0) is 36.4 Å². The summed E-state index contributed by atoms with van der Waals surface area (Å²) in [5.41, 5.74) is 1.79. The lowest BCUT2D eigenvalue weighted by atomic mass is 10.2. The first-order valence-electron chi connectivity index (χ1n) is 6.06. The third kappa shape index (κ3) is 3.25. The largest absolute Gasteiger partial charge is 0.573 e. The molecule has 0 saturated heterocycles. The van der Waals surface area contributed by atoms with Crippen molar-refractivity contribution < 1.29 is 17.9 Å². The first-order chi connectivity index (χ1) is 9.99. The minimum Gasteiger partial charge on any atom is -0.404 e. The second kappa shape index (κ2) is 5.01. The van der Waals surface area contributed by atoms with E-state index >= 15 is 0 Å². The first kappa shape index (κ1) is 13.3. The number of aromatic nitrogens is 2. The lowest BCUT2D eigenvalue weighted by Gasteiger charge is -2.09. The number of aromatic amines is 1. The zero-order valence-electron chi connectivity index (χ0n) is 10.6. The van der Waals surface area contributed by atoms with Crippen molar-refractivity contribution in [1.29, 1.82) is 0 Å². The Morgan fingerprint density at radius 3 is 2.67 bits per heavy atom. The molecule has 7 heteroatoms. The van der Waals surface area contributed by atoms with E-state index in [1.165, 1.54) is 12.1 Å². The average Bonchev–Trinajstić information content (AvgIpc) is 2.87. The molecule has 2 N–H and O–H groups in total. The molecule has 3 rings (SSSR count). The van der Waals surface area contributed by atoms with Gasteiger partial charge in [-0.3, -0.25) is 0 Å². The zero-order chi connectivity index (χ0) is 14.9. The molecule has 0 aliphatic carbocycles. The Morgan fingerprint density at radius 1 is 1.10 bits per heavy atom. The number of nitrogens with one attached hydrogen (secondary N) is 2. The van der Waals surface area contributed by atoms with E-state index in [1.807, 2.05) is 30.5 Å². The molecule has 1 aromatic carbocycles. The van der Waals surface area contributed by atoms with Crippen molar-refractivity contribution in [2.75, 3.05) is 5.32 Å². The Bertz CT molecular complexity index is 750. The molecule has 21 heavy (non-hydrogen) atoms. The summed E-state index contributed by atoms with van der Waals surface area (Å²) in [5.74, 6) is 0.0774. The quantitative estimate of drug-likeness (QED) is 0.760. The van der Waals surface area contributed by atoms with Gasteiger partial charge in [-0.25, -0.2) is 4.98 Å². The Balaban J connectivity index is 1.75. The molecule has 2 aromatic heterocycles. The topological polar surface area (TPSA) is 49.9 Å². The Kier molecular flexibility index (Phi) is 3.17. The third-order valence-electron chi connectivity index (χ3n) is 2.80. The van der Waals surface area contributed by atoms with Gasteiger partial charge in [0.25, 0.3) is 0 Å². The third-order valence-corrected chi connectivity index (χ3v) is 2.80. The number of H-pyrrole nitrogens is 1. The highest BCUT2D eigenvalue weighted by Crippen LogP contribution is 2.24. The second-order valence-corrected chi connectivity index (χ2v) is 4.33. The molecule has 0 fully saturated rings. The maximum absolute atomic E-state index is 12.0. The van der Waals surface area contributed by atoms with Gasteiger partial charge in [0.05, 0.1) is 6.20 Å². The molecule has 4 nitrogen and oxygen atoms in total. The fourth-order valence-electron chi connectivity index (χ4n) is 1.93. The van der Waals surface area contributed by atoms with Crippen LogP contribution >= 0.6 is 0 Å². The number of nitrogens with zero attached hydrogens (tertiary/aromatic N) is 1. The molecule has 0 aliphatic heterocycles. The van der Waals surface area contributed by atoms with Gasteiger partial charge < -0.3 is 15.0 Å². The van der Waals surface area contributed by atoms with Gasteiger partial charge in [-0.1, -0.05) is 0 Å². The van der Waals surface area contributed by atoms with Crippen LogP contribution in [-0.2, 0) is 0 Å². The predicted molar refractivity (Wildman–Crippen MR) is 72.5 cm³/mol. The maximum atomic E-state index is 12.0. The van der Waals surface area contributed by atoms with Crippen LogP contribution < -0.4 is 10.1 Å². The summed E-state index contributed by atoms with van der Waals surface area (Å²) < 4.78 is 39.9. The number of anilines is 2. The molecule has 3 aromatic rings. The van der Waals surface area contributed by atoms with Crippen LogP contribution in [0.1, 0.15) is 0 Å². The van der Waals surface area contributed by atoms with Crippen LogP contribution in [0.3, 0.4) is 0 Å². The highest BCUT2D eigenvalue weighted by atomic mass is 19.4. The van der Waals surface area contributed by atoms with Crippen LogP contribution in [0.5, 0.6) is 5.75 Å². The van der Waals surface area contributed by atoms with E-state index in [1.54, 1.807) is 0 Å². The highest BCUT2D eigenvalue weighted by Gasteiger charge is 2.31. The fraction of sp³-hybridized carbons (Fsp3) is 0.0714. The molecule has 2 heterocycles. The van der Waals surface area contributed by atoms with E-state index in [0.717, 1.165) is 22.8 Å². The van der Waals surface area contributed by atoms with E-state index in [-0.39, 0.29) is 5.75 Å². The van der Waals surface area contributed by atoms with Crippen molar-refractivity contribution in [1.82, 2.24) is 9.97 Å². The average molecular weight is 293 g/mol. The molecule has 0 unspecified atom stereocenters. The lowest BCUT2D eigenvalue weighted by Crippen LogP contribution is -2.17. The second-order valence-electron chi connectivity index (χ2n) is 4.33. The molecule has 108 valence electrons. The van der Waals surface area contributed by atoms with Crippen molar-refractivity contribution >= 4 is 22.4 Å². The van der Waals surface area contributed by atoms with Crippen molar-refractivity contribution in [3.8, 4) is 5.75 Å². The minimum atomic E-state index is -4.71. The minimum absolute atomic E-state index is 0.353. The number of benzene rings is 1. The number of alkyl halides is 3. The monoisotopic (exact) mass is 293 g/mol. The van der Waals surface area contributed by atoms with Crippen LogP contribution in [0.2, 0.25) is 0 Å². The number of fused-ring (bicyclic) bond motifs is 1. The van der Waals surface area contributed by atoms with Crippen LogP contribution in [0.15, 0.2) is 48.8 Å². The summed E-state index contributed by atoms with van der Waals surface area (Å²) in [4.78, 5) is 6.96. The molecular weight excluding hydrogens is 283 g/mol. The van der Waals surface area contributed by atoms with Crippen molar-refractivity contribution in [2.45, 2.75) is 6.36 Å². The Labute approximate surface area is 117 Å². The van der Waals surface area contributed by atoms with Gasteiger partial charge in [0.15, 0.2) is 0 Å². The summed E-state index contributed by atoms with van der Waals surface area (Å²) in [5, 5.41) is 4.04. The van der Waals surface area contributed by atoms with E-state index in [9.17, 15) is 13.2 Å². The molecule has 0 aliphatic rings. The van der Waals surface area contributed by atoms with Crippen molar-refractivity contribution in [3.63, 3.8) is 0 Å². The van der Waals surface area contributed by atoms with Gasteiger partial charge >= 0.3 is 6.36 Å². The van der Waals surface area contributed by atoms with Crippen molar-refractivity contribution in [2.24, 2.45) is 0 Å². The van der Waals surface area contributed by atoms with Crippen LogP contribution in [0, 0.1) is 0 Å². The summed E-state index contributed by atoms with van der Waals surface area (Å²) >= 11 is 0. The van der Waals surface area contributed by atoms with Gasteiger partial charge in [0.2, 0.25) is 0 Å². The molecule has 0 radical (unpaired) electrons. The molecule has 0 atom stereocenters. The molecule has 0 amide bonds. The number of pyridine rings is 1. The van der Waals surface area contributed by atoms with Gasteiger partial charge in [0.1, 0.15) is 11.6 Å². The van der Waals surface area contributed by atoms with Crippen molar-refractivity contribution in [3.05, 3.63) is 48.8 Å². The predicted octanol–water partition coefficient (Wildman–Crippen LogP) is 4.21. The number of hydrogen-bond acceptors (Lipinski definition) is 3. The van der Waals surface area contributed by atoms with E-state index in [0.29, 0.717) is 5.82 Å². The zero-order valence-corrected chi connectivity index (χ0v) is 10.6. The number of rotatable bonds is 3. The Morgan fingerprint density at radius 2 is 1.95 bits per heavy atom.